The Morgan fingerprint density at radius 1 is 1.38 bits per heavy atom. The minimum absolute atomic E-state index is 0.541. The third kappa shape index (κ3) is 2.87. The first kappa shape index (κ1) is 11.2. The molecule has 4 heteroatoms. The maximum atomic E-state index is 10.2. The van der Waals surface area contributed by atoms with Crippen LogP contribution < -0.4 is 11.1 Å². The fourth-order valence-electron chi connectivity index (χ4n) is 1.84. The van der Waals surface area contributed by atoms with Gasteiger partial charge in [-0.25, -0.2) is 0 Å². The van der Waals surface area contributed by atoms with Gasteiger partial charge in [0.1, 0.15) is 0 Å². The summed E-state index contributed by atoms with van der Waals surface area (Å²) in [6, 6.07) is 7.54. The number of anilines is 2. The van der Waals surface area contributed by atoms with Crippen molar-refractivity contribution in [3.05, 3.63) is 24.3 Å². The second-order valence-electron chi connectivity index (χ2n) is 4.32. The van der Waals surface area contributed by atoms with E-state index >= 15 is 0 Å². The monoisotopic (exact) mass is 222 g/mol. The predicted octanol–water partition coefficient (Wildman–Crippen LogP) is 1.22. The Kier molecular flexibility index (Phi) is 3.31. The van der Waals surface area contributed by atoms with Crippen molar-refractivity contribution in [3.63, 3.8) is 0 Å². The van der Waals surface area contributed by atoms with E-state index in [4.69, 9.17) is 10.5 Å². The first-order valence-electron chi connectivity index (χ1n) is 5.58. The molecule has 1 aliphatic rings. The van der Waals surface area contributed by atoms with E-state index in [1.54, 1.807) is 0 Å². The van der Waals surface area contributed by atoms with Crippen LogP contribution in [-0.4, -0.2) is 30.5 Å². The molecular weight excluding hydrogens is 204 g/mol. The quantitative estimate of drug-likeness (QED) is 0.673. The Bertz CT molecular complexity index is 349. The lowest BCUT2D eigenvalue weighted by molar-refractivity contribution is -0.0543. The summed E-state index contributed by atoms with van der Waals surface area (Å²) < 4.78 is 5.23. The van der Waals surface area contributed by atoms with E-state index in [2.05, 4.69) is 5.32 Å². The normalized spacial score (nSPS) is 19.3. The first-order valence-corrected chi connectivity index (χ1v) is 5.58. The molecule has 0 saturated carbocycles. The Morgan fingerprint density at radius 3 is 2.81 bits per heavy atom. The van der Waals surface area contributed by atoms with E-state index in [1.165, 1.54) is 0 Å². The number of ether oxygens (including phenoxy) is 1. The fraction of sp³-hybridized carbons (Fsp3) is 0.500. The van der Waals surface area contributed by atoms with Gasteiger partial charge >= 0.3 is 0 Å². The number of aliphatic hydroxyl groups is 1. The highest BCUT2D eigenvalue weighted by Crippen LogP contribution is 2.21. The average Bonchev–Trinajstić information content (AvgIpc) is 2.28. The lowest BCUT2D eigenvalue weighted by Crippen LogP contribution is -2.42. The highest BCUT2D eigenvalue weighted by molar-refractivity contribution is 5.54. The minimum Gasteiger partial charge on any atom is -0.399 e. The van der Waals surface area contributed by atoms with Gasteiger partial charge in [-0.1, -0.05) is 6.07 Å². The van der Waals surface area contributed by atoms with Crippen molar-refractivity contribution in [1.29, 1.82) is 0 Å². The van der Waals surface area contributed by atoms with E-state index < -0.39 is 5.60 Å². The molecule has 0 amide bonds. The second kappa shape index (κ2) is 4.72. The Hall–Kier alpha value is -1.26. The molecule has 0 spiro atoms. The van der Waals surface area contributed by atoms with Crippen molar-refractivity contribution >= 4 is 11.4 Å². The van der Waals surface area contributed by atoms with E-state index in [1.807, 2.05) is 24.3 Å². The van der Waals surface area contributed by atoms with Crippen molar-refractivity contribution in [2.45, 2.75) is 18.4 Å². The molecule has 0 radical (unpaired) electrons. The lowest BCUT2D eigenvalue weighted by Gasteiger charge is -2.32. The molecule has 0 aromatic heterocycles. The molecule has 88 valence electrons. The van der Waals surface area contributed by atoms with Gasteiger partial charge in [-0.3, -0.25) is 0 Å². The van der Waals surface area contributed by atoms with Crippen molar-refractivity contribution in [2.75, 3.05) is 30.8 Å². The van der Waals surface area contributed by atoms with Crippen LogP contribution in [0.4, 0.5) is 11.4 Å². The highest BCUT2D eigenvalue weighted by Gasteiger charge is 2.29. The summed E-state index contributed by atoms with van der Waals surface area (Å²) in [5.41, 5.74) is 6.70. The predicted molar refractivity (Wildman–Crippen MR) is 64.3 cm³/mol. The van der Waals surface area contributed by atoms with Crippen LogP contribution in [0.2, 0.25) is 0 Å². The summed E-state index contributed by atoms with van der Waals surface area (Å²) in [6.07, 6.45) is 1.37. The van der Waals surface area contributed by atoms with Crippen molar-refractivity contribution in [3.8, 4) is 0 Å². The van der Waals surface area contributed by atoms with Gasteiger partial charge in [-0.15, -0.1) is 0 Å². The smallest absolute Gasteiger partial charge is 0.0863 e. The van der Waals surface area contributed by atoms with Gasteiger partial charge in [0.2, 0.25) is 0 Å². The number of hydrogen-bond acceptors (Lipinski definition) is 4. The summed E-state index contributed by atoms with van der Waals surface area (Å²) in [5.74, 6) is 0. The van der Waals surface area contributed by atoms with E-state index in [9.17, 15) is 5.11 Å². The summed E-state index contributed by atoms with van der Waals surface area (Å²) >= 11 is 0. The second-order valence-corrected chi connectivity index (χ2v) is 4.32. The number of nitrogen functional groups attached to an aromatic ring is 1. The first-order chi connectivity index (χ1) is 7.68. The average molecular weight is 222 g/mol. The van der Waals surface area contributed by atoms with Gasteiger partial charge in [0.15, 0.2) is 0 Å². The number of nitrogens with one attached hydrogen (secondary N) is 1. The van der Waals surface area contributed by atoms with E-state index in [0.717, 1.165) is 11.4 Å². The van der Waals surface area contributed by atoms with Crippen LogP contribution in [0.5, 0.6) is 0 Å². The Labute approximate surface area is 95.4 Å². The van der Waals surface area contributed by atoms with Crippen molar-refractivity contribution < 1.29 is 9.84 Å². The molecule has 0 bridgehead atoms. The molecule has 1 saturated heterocycles. The maximum Gasteiger partial charge on any atom is 0.0863 e. The SMILES string of the molecule is Nc1cccc(NCC2(O)CCOCC2)c1. The summed E-state index contributed by atoms with van der Waals surface area (Å²) in [5, 5.41) is 13.4. The number of nitrogens with two attached hydrogens (primary N) is 1. The van der Waals surface area contributed by atoms with Gasteiger partial charge in [-0.2, -0.15) is 0 Å². The zero-order valence-electron chi connectivity index (χ0n) is 9.28. The molecule has 0 unspecified atom stereocenters. The molecule has 0 atom stereocenters. The van der Waals surface area contributed by atoms with Crippen LogP contribution in [0.3, 0.4) is 0 Å². The molecule has 1 heterocycles. The van der Waals surface area contributed by atoms with Crippen LogP contribution in [0.1, 0.15) is 12.8 Å². The van der Waals surface area contributed by atoms with E-state index in [-0.39, 0.29) is 0 Å². The molecule has 0 aliphatic carbocycles. The molecule has 4 N–H and O–H groups in total. The van der Waals surface area contributed by atoms with Crippen LogP contribution >= 0.6 is 0 Å². The largest absolute Gasteiger partial charge is 0.399 e. The summed E-state index contributed by atoms with van der Waals surface area (Å²) in [4.78, 5) is 0. The van der Waals surface area contributed by atoms with E-state index in [0.29, 0.717) is 32.6 Å². The summed E-state index contributed by atoms with van der Waals surface area (Å²) in [6.45, 7) is 1.81. The minimum atomic E-state index is -0.650. The Morgan fingerprint density at radius 2 is 2.12 bits per heavy atom. The third-order valence-electron chi connectivity index (χ3n) is 2.93. The zero-order chi connectivity index (χ0) is 11.4. The van der Waals surface area contributed by atoms with Gasteiger partial charge < -0.3 is 20.9 Å². The van der Waals surface area contributed by atoms with Gasteiger partial charge in [0.25, 0.3) is 0 Å². The van der Waals surface area contributed by atoms with Crippen molar-refractivity contribution in [1.82, 2.24) is 0 Å². The maximum absolute atomic E-state index is 10.2. The zero-order valence-corrected chi connectivity index (χ0v) is 9.28. The number of benzene rings is 1. The van der Waals surface area contributed by atoms with Gasteiger partial charge in [-0.05, 0) is 18.2 Å². The number of hydrogen-bond donors (Lipinski definition) is 3. The standard InChI is InChI=1S/C12H18N2O2/c13-10-2-1-3-11(8-10)14-9-12(15)4-6-16-7-5-12/h1-3,8,14-15H,4-7,9,13H2. The topological polar surface area (TPSA) is 67.5 Å². The molecule has 2 rings (SSSR count). The number of rotatable bonds is 3. The fourth-order valence-corrected chi connectivity index (χ4v) is 1.84. The van der Waals surface area contributed by atoms with Crippen LogP contribution in [-0.2, 0) is 4.74 Å². The lowest BCUT2D eigenvalue weighted by atomic mass is 9.94. The molecular formula is C12H18N2O2. The summed E-state index contributed by atoms with van der Waals surface area (Å²) in [7, 11) is 0. The van der Waals surface area contributed by atoms with Crippen LogP contribution in [0.25, 0.3) is 0 Å². The van der Waals surface area contributed by atoms with Crippen molar-refractivity contribution in [2.24, 2.45) is 0 Å². The molecule has 1 aliphatic heterocycles. The molecule has 1 aromatic carbocycles. The van der Waals surface area contributed by atoms with Gasteiger partial charge in [0.05, 0.1) is 5.60 Å². The highest BCUT2D eigenvalue weighted by atomic mass is 16.5. The molecule has 4 nitrogen and oxygen atoms in total. The van der Waals surface area contributed by atoms with Crippen LogP contribution in [0.15, 0.2) is 24.3 Å². The Balaban J connectivity index is 1.91. The van der Waals surface area contributed by atoms with Crippen LogP contribution in [0, 0.1) is 0 Å². The molecule has 1 aromatic rings. The molecule has 16 heavy (non-hydrogen) atoms. The van der Waals surface area contributed by atoms with Gasteiger partial charge in [0, 0.05) is 44.0 Å². The third-order valence-corrected chi connectivity index (χ3v) is 2.93. The molecule has 1 fully saturated rings.